The summed E-state index contributed by atoms with van der Waals surface area (Å²) >= 11 is 9.61. The second-order valence-electron chi connectivity index (χ2n) is 10.6. The molecule has 0 saturated heterocycles. The molecular weight excluding hydrogens is 691 g/mol. The predicted octanol–water partition coefficient (Wildman–Crippen LogP) is 5.22. The molecule has 0 aliphatic rings. The van der Waals surface area contributed by atoms with Gasteiger partial charge in [-0.2, -0.15) is 10.2 Å². The Bertz CT molecular complexity index is 1800. The Morgan fingerprint density at radius 3 is 0.960 bits per heavy atom. The highest BCUT2D eigenvalue weighted by atomic mass is 32.1. The van der Waals surface area contributed by atoms with Crippen LogP contribution in [0.2, 0.25) is 0 Å². The molecule has 6 N–H and O–H groups in total. The van der Waals surface area contributed by atoms with Crippen LogP contribution in [0.4, 0.5) is 0 Å². The lowest BCUT2D eigenvalue weighted by Crippen LogP contribution is -2.25. The molecule has 0 heterocycles. The molecule has 6 aromatic rings. The third-order valence-electron chi connectivity index (χ3n) is 7.17. The summed E-state index contributed by atoms with van der Waals surface area (Å²) in [5.41, 5.74) is 18.2. The molecule has 0 atom stereocenters. The minimum atomic E-state index is -0.682. The number of hydrazone groups is 2. The van der Waals surface area contributed by atoms with Crippen molar-refractivity contribution in [2.75, 3.05) is 0 Å². The third kappa shape index (κ3) is 10.4. The zero-order valence-electron chi connectivity index (χ0n) is 27.1. The fourth-order valence-corrected chi connectivity index (χ4v) is 10.0. The van der Waals surface area contributed by atoms with Gasteiger partial charge in [0, 0.05) is 11.1 Å². The molecule has 6 aromatic carbocycles. The first-order valence-corrected chi connectivity index (χ1v) is 19.2. The van der Waals surface area contributed by atoms with E-state index in [1.807, 2.05) is 36.4 Å². The average Bonchev–Trinajstić information content (AvgIpc) is 3.15. The summed E-state index contributed by atoms with van der Waals surface area (Å²) in [5.74, 6) is 0. The molecule has 50 heavy (non-hydrogen) atoms. The van der Waals surface area contributed by atoms with E-state index in [0.29, 0.717) is 0 Å². The summed E-state index contributed by atoms with van der Waals surface area (Å²) in [5, 5.41) is 16.3. The van der Waals surface area contributed by atoms with Gasteiger partial charge in [0.25, 0.3) is 0 Å². The molecule has 0 spiro atoms. The first-order chi connectivity index (χ1) is 24.5. The van der Waals surface area contributed by atoms with Gasteiger partial charge in [0.15, 0.2) is 10.2 Å². The maximum absolute atomic E-state index is 5.45. The monoisotopic (exact) mass is 726 g/mol. The lowest BCUT2D eigenvalue weighted by Gasteiger charge is -2.21. The van der Waals surface area contributed by atoms with Crippen molar-refractivity contribution in [1.29, 1.82) is 0 Å². The molecule has 0 amide bonds. The van der Waals surface area contributed by atoms with E-state index in [4.69, 9.17) is 35.9 Å². The van der Waals surface area contributed by atoms with Gasteiger partial charge in [-0.3, -0.25) is 10.9 Å². The molecule has 6 nitrogen and oxygen atoms in total. The van der Waals surface area contributed by atoms with Crippen molar-refractivity contribution in [3.05, 3.63) is 181 Å². The van der Waals surface area contributed by atoms with Crippen LogP contribution >= 0.6 is 40.3 Å². The topological polar surface area (TPSA) is 101 Å². The van der Waals surface area contributed by atoms with Gasteiger partial charge in [0.1, 0.15) is 0 Å². The van der Waals surface area contributed by atoms with Crippen LogP contribution in [0.25, 0.3) is 0 Å². The molecule has 0 aliphatic heterocycles. The Kier molecular flexibility index (Phi) is 13.9. The van der Waals surface area contributed by atoms with Gasteiger partial charge in [-0.25, -0.2) is 0 Å². The quantitative estimate of drug-likeness (QED) is 0.0669. The standard InChI is InChI=1S/2C20H18N3PS/c2*21-20(25)23-22-15-16-9-7-8-14-19(16)24(17-10-3-1-4-11-17)18-12-5-2-6-13-18/h2*1-15H,(H3,21,23,25)/b2*22-15+. The molecule has 10 heteroatoms. The highest BCUT2D eigenvalue weighted by molar-refractivity contribution is 7.81. The summed E-state index contributed by atoms with van der Waals surface area (Å²) in [4.78, 5) is 0. The summed E-state index contributed by atoms with van der Waals surface area (Å²) in [6.07, 6.45) is 3.55. The number of nitrogens with zero attached hydrogens (tertiary/aromatic N) is 2. The van der Waals surface area contributed by atoms with Gasteiger partial charge in [-0.15, -0.1) is 0 Å². The number of nitrogens with two attached hydrogens (primary N) is 2. The maximum Gasteiger partial charge on any atom is 0.184 e. The maximum atomic E-state index is 5.45. The average molecular weight is 727 g/mol. The van der Waals surface area contributed by atoms with Gasteiger partial charge in [-0.1, -0.05) is 170 Å². The van der Waals surface area contributed by atoms with Gasteiger partial charge < -0.3 is 11.5 Å². The van der Waals surface area contributed by atoms with Crippen LogP contribution in [0, 0.1) is 0 Å². The fourth-order valence-electron chi connectivity index (χ4n) is 5.09. The lowest BCUT2D eigenvalue weighted by molar-refractivity contribution is 1.04. The largest absolute Gasteiger partial charge is 0.375 e. The Hall–Kier alpha value is -5.10. The van der Waals surface area contributed by atoms with Gasteiger partial charge in [0.2, 0.25) is 0 Å². The fraction of sp³-hybridized carbons (Fsp3) is 0. The molecule has 6 rings (SSSR count). The second-order valence-corrected chi connectivity index (χ2v) is 15.8. The first-order valence-electron chi connectivity index (χ1n) is 15.7. The molecule has 0 aliphatic carbocycles. The van der Waals surface area contributed by atoms with E-state index in [-0.39, 0.29) is 10.2 Å². The van der Waals surface area contributed by atoms with Gasteiger partial charge >= 0.3 is 0 Å². The molecular formula is C40H36N6P2S2. The summed E-state index contributed by atoms with van der Waals surface area (Å²) in [6, 6.07) is 58.9. The minimum absolute atomic E-state index is 0.155. The van der Waals surface area contributed by atoms with Crippen molar-refractivity contribution in [3.8, 4) is 0 Å². The van der Waals surface area contributed by atoms with Crippen molar-refractivity contribution in [2.24, 2.45) is 21.7 Å². The van der Waals surface area contributed by atoms with E-state index in [0.717, 1.165) is 11.1 Å². The zero-order chi connectivity index (χ0) is 35.0. The van der Waals surface area contributed by atoms with E-state index in [2.05, 4.69) is 155 Å². The highest BCUT2D eigenvalue weighted by Gasteiger charge is 2.19. The van der Waals surface area contributed by atoms with E-state index in [1.165, 1.54) is 31.8 Å². The smallest absolute Gasteiger partial charge is 0.184 e. The third-order valence-corrected chi connectivity index (χ3v) is 12.4. The number of thiocarbonyl (C=S) groups is 2. The number of rotatable bonds is 10. The van der Waals surface area contributed by atoms with Gasteiger partial charge in [0.05, 0.1) is 12.4 Å². The van der Waals surface area contributed by atoms with Crippen molar-refractivity contribution in [1.82, 2.24) is 10.9 Å². The SMILES string of the molecule is NC(=S)N/N=C/c1ccccc1P(c1ccccc1)c1ccccc1.NC(=S)N/N=C/c1ccccc1P(c1ccccc1)c1ccccc1. The number of nitrogens with one attached hydrogen (secondary N) is 2. The Balaban J connectivity index is 0.000000194. The van der Waals surface area contributed by atoms with Crippen LogP contribution in [0.5, 0.6) is 0 Å². The lowest BCUT2D eigenvalue weighted by atomic mass is 10.2. The van der Waals surface area contributed by atoms with Crippen LogP contribution in [-0.2, 0) is 0 Å². The highest BCUT2D eigenvalue weighted by Crippen LogP contribution is 2.34. The normalized spacial score (nSPS) is 10.9. The molecule has 0 fully saturated rings. The number of benzene rings is 6. The summed E-state index contributed by atoms with van der Waals surface area (Å²) < 4.78 is 0. The Labute approximate surface area is 306 Å². The van der Waals surface area contributed by atoms with E-state index >= 15 is 0 Å². The van der Waals surface area contributed by atoms with E-state index in [1.54, 1.807) is 12.4 Å². The number of hydrogen-bond donors (Lipinski definition) is 4. The van der Waals surface area contributed by atoms with Crippen molar-refractivity contribution >= 4 is 94.8 Å². The zero-order valence-corrected chi connectivity index (χ0v) is 30.5. The van der Waals surface area contributed by atoms with Crippen LogP contribution in [0.15, 0.2) is 180 Å². The predicted molar refractivity (Wildman–Crippen MR) is 225 cm³/mol. The van der Waals surface area contributed by atoms with Crippen LogP contribution in [-0.4, -0.2) is 22.7 Å². The molecule has 248 valence electrons. The minimum Gasteiger partial charge on any atom is -0.375 e. The summed E-state index contributed by atoms with van der Waals surface area (Å²) in [6.45, 7) is 0. The van der Waals surface area contributed by atoms with Crippen LogP contribution < -0.4 is 54.1 Å². The Morgan fingerprint density at radius 2 is 0.680 bits per heavy atom. The van der Waals surface area contributed by atoms with E-state index in [9.17, 15) is 0 Å². The molecule has 0 unspecified atom stereocenters. The number of hydrogen-bond acceptors (Lipinski definition) is 4. The molecule has 0 bridgehead atoms. The van der Waals surface area contributed by atoms with Gasteiger partial charge in [-0.05, 0) is 72.1 Å². The van der Waals surface area contributed by atoms with Crippen molar-refractivity contribution < 1.29 is 0 Å². The first kappa shape index (κ1) is 36.2. The molecule has 0 aromatic heterocycles. The van der Waals surface area contributed by atoms with Crippen LogP contribution in [0.3, 0.4) is 0 Å². The van der Waals surface area contributed by atoms with Crippen molar-refractivity contribution in [3.63, 3.8) is 0 Å². The molecule has 0 saturated carbocycles. The van der Waals surface area contributed by atoms with E-state index < -0.39 is 15.8 Å². The van der Waals surface area contributed by atoms with Crippen molar-refractivity contribution in [2.45, 2.75) is 0 Å². The molecule has 0 radical (unpaired) electrons. The summed E-state index contributed by atoms with van der Waals surface area (Å²) in [7, 11) is -1.36. The Morgan fingerprint density at radius 1 is 0.420 bits per heavy atom. The van der Waals surface area contributed by atoms with Crippen LogP contribution in [0.1, 0.15) is 11.1 Å². The second kappa shape index (κ2) is 19.2.